The number of nitrogens with zero attached hydrogens (tertiary/aromatic N) is 1. The average Bonchev–Trinajstić information content (AvgIpc) is 2.85. The highest BCUT2D eigenvalue weighted by Crippen LogP contribution is 2.18. The molecule has 1 aromatic rings. The topological polar surface area (TPSA) is 34.2 Å². The van der Waals surface area contributed by atoms with Gasteiger partial charge in [0.05, 0.1) is 12.6 Å². The van der Waals surface area contributed by atoms with Crippen molar-refractivity contribution in [3.8, 4) is 0 Å². The van der Waals surface area contributed by atoms with Crippen molar-refractivity contribution >= 4 is 5.82 Å². The SMILES string of the molecule is CC.CC(C)c1ccnc(NC2CCOC2)c1. The lowest BCUT2D eigenvalue weighted by molar-refractivity contribution is 0.195. The van der Waals surface area contributed by atoms with Gasteiger partial charge in [-0.2, -0.15) is 0 Å². The minimum absolute atomic E-state index is 0.430. The molecule has 3 heteroatoms. The molecule has 1 fully saturated rings. The maximum Gasteiger partial charge on any atom is 0.126 e. The number of nitrogens with one attached hydrogen (secondary N) is 1. The van der Waals surface area contributed by atoms with Crippen molar-refractivity contribution in [1.82, 2.24) is 4.98 Å². The zero-order valence-electron chi connectivity index (χ0n) is 11.4. The highest BCUT2D eigenvalue weighted by atomic mass is 16.5. The van der Waals surface area contributed by atoms with Crippen LogP contribution in [-0.2, 0) is 4.74 Å². The van der Waals surface area contributed by atoms with Gasteiger partial charge in [-0.3, -0.25) is 0 Å². The van der Waals surface area contributed by atoms with E-state index in [1.807, 2.05) is 20.0 Å². The number of aromatic nitrogens is 1. The Morgan fingerprint density at radius 1 is 1.41 bits per heavy atom. The predicted octanol–water partition coefficient (Wildman–Crippen LogP) is 3.43. The highest BCUT2D eigenvalue weighted by molar-refractivity contribution is 5.39. The van der Waals surface area contributed by atoms with Gasteiger partial charge in [0, 0.05) is 12.8 Å². The van der Waals surface area contributed by atoms with E-state index in [9.17, 15) is 0 Å². The van der Waals surface area contributed by atoms with Crippen molar-refractivity contribution in [1.29, 1.82) is 0 Å². The minimum atomic E-state index is 0.430. The Morgan fingerprint density at radius 3 is 2.76 bits per heavy atom. The van der Waals surface area contributed by atoms with Crippen LogP contribution in [0.1, 0.15) is 45.6 Å². The second kappa shape index (κ2) is 7.28. The molecule has 0 aromatic carbocycles. The van der Waals surface area contributed by atoms with Crippen molar-refractivity contribution in [3.05, 3.63) is 23.9 Å². The van der Waals surface area contributed by atoms with E-state index in [1.165, 1.54) is 5.56 Å². The van der Waals surface area contributed by atoms with E-state index in [2.05, 4.69) is 36.3 Å². The molecule has 2 rings (SSSR count). The Bertz CT molecular complexity index is 320. The highest BCUT2D eigenvalue weighted by Gasteiger charge is 2.15. The van der Waals surface area contributed by atoms with Crippen molar-refractivity contribution in [2.24, 2.45) is 0 Å². The fourth-order valence-electron chi connectivity index (χ4n) is 1.74. The quantitative estimate of drug-likeness (QED) is 0.873. The molecule has 0 spiro atoms. The van der Waals surface area contributed by atoms with Gasteiger partial charge in [-0.05, 0) is 30.0 Å². The Morgan fingerprint density at radius 2 is 2.18 bits per heavy atom. The summed E-state index contributed by atoms with van der Waals surface area (Å²) >= 11 is 0. The average molecular weight is 236 g/mol. The van der Waals surface area contributed by atoms with Crippen LogP contribution in [0.5, 0.6) is 0 Å². The lowest BCUT2D eigenvalue weighted by Crippen LogP contribution is -2.19. The molecule has 1 saturated heterocycles. The van der Waals surface area contributed by atoms with Gasteiger partial charge in [-0.1, -0.05) is 27.7 Å². The molecular formula is C14H24N2O. The number of hydrogen-bond donors (Lipinski definition) is 1. The second-order valence-corrected chi connectivity index (χ2v) is 4.33. The molecule has 1 aliphatic heterocycles. The summed E-state index contributed by atoms with van der Waals surface area (Å²) in [5, 5.41) is 3.40. The van der Waals surface area contributed by atoms with Gasteiger partial charge in [0.25, 0.3) is 0 Å². The number of ether oxygens (including phenoxy) is 1. The van der Waals surface area contributed by atoms with E-state index in [4.69, 9.17) is 4.74 Å². The Kier molecular flexibility index (Phi) is 5.98. The predicted molar refractivity (Wildman–Crippen MR) is 72.5 cm³/mol. The molecule has 0 saturated carbocycles. The Hall–Kier alpha value is -1.09. The Labute approximate surface area is 105 Å². The molecule has 1 aliphatic rings. The molecule has 0 radical (unpaired) electrons. The van der Waals surface area contributed by atoms with Crippen LogP contribution >= 0.6 is 0 Å². The smallest absolute Gasteiger partial charge is 0.126 e. The first-order valence-electron chi connectivity index (χ1n) is 6.56. The normalized spacial score (nSPS) is 18.8. The van der Waals surface area contributed by atoms with Crippen LogP contribution < -0.4 is 5.32 Å². The standard InChI is InChI=1S/C12H18N2O.C2H6/c1-9(2)10-3-5-13-12(7-10)14-11-4-6-15-8-11;1-2/h3,5,7,9,11H,4,6,8H2,1-2H3,(H,13,14);1-2H3. The lowest BCUT2D eigenvalue weighted by Gasteiger charge is -2.13. The number of rotatable bonds is 3. The zero-order chi connectivity index (χ0) is 12.7. The molecule has 1 N–H and O–H groups in total. The second-order valence-electron chi connectivity index (χ2n) is 4.33. The lowest BCUT2D eigenvalue weighted by atomic mass is 10.1. The molecule has 0 amide bonds. The summed E-state index contributed by atoms with van der Waals surface area (Å²) in [6.45, 7) is 10.0. The van der Waals surface area contributed by atoms with Gasteiger partial charge in [-0.15, -0.1) is 0 Å². The van der Waals surface area contributed by atoms with Crippen LogP contribution in [0.3, 0.4) is 0 Å². The molecule has 0 bridgehead atoms. The molecule has 0 aliphatic carbocycles. The van der Waals surface area contributed by atoms with Crippen LogP contribution in [0.4, 0.5) is 5.82 Å². The van der Waals surface area contributed by atoms with Crippen LogP contribution in [0.2, 0.25) is 0 Å². The monoisotopic (exact) mass is 236 g/mol. The van der Waals surface area contributed by atoms with Crippen LogP contribution in [-0.4, -0.2) is 24.2 Å². The summed E-state index contributed by atoms with van der Waals surface area (Å²) in [6.07, 6.45) is 2.95. The summed E-state index contributed by atoms with van der Waals surface area (Å²) in [6, 6.07) is 4.63. The molecule has 96 valence electrons. The molecule has 1 aromatic heterocycles. The van der Waals surface area contributed by atoms with Crippen molar-refractivity contribution in [2.75, 3.05) is 18.5 Å². The molecule has 3 nitrogen and oxygen atoms in total. The molecule has 2 heterocycles. The van der Waals surface area contributed by atoms with Crippen molar-refractivity contribution in [3.63, 3.8) is 0 Å². The number of pyridine rings is 1. The number of anilines is 1. The maximum atomic E-state index is 5.32. The molecule has 1 atom stereocenters. The third kappa shape index (κ3) is 4.35. The van der Waals surface area contributed by atoms with Gasteiger partial charge < -0.3 is 10.1 Å². The van der Waals surface area contributed by atoms with Gasteiger partial charge >= 0.3 is 0 Å². The molecular weight excluding hydrogens is 212 g/mol. The van der Waals surface area contributed by atoms with E-state index in [1.54, 1.807) is 0 Å². The first-order chi connectivity index (χ1) is 8.25. The summed E-state index contributed by atoms with van der Waals surface area (Å²) in [7, 11) is 0. The van der Waals surface area contributed by atoms with E-state index < -0.39 is 0 Å². The van der Waals surface area contributed by atoms with Crippen molar-refractivity contribution in [2.45, 2.75) is 46.1 Å². The minimum Gasteiger partial charge on any atom is -0.379 e. The van der Waals surface area contributed by atoms with Gasteiger partial charge in [0.15, 0.2) is 0 Å². The van der Waals surface area contributed by atoms with E-state index in [0.717, 1.165) is 25.5 Å². The summed E-state index contributed by atoms with van der Waals surface area (Å²) < 4.78 is 5.32. The summed E-state index contributed by atoms with van der Waals surface area (Å²) in [5.41, 5.74) is 1.33. The van der Waals surface area contributed by atoms with Gasteiger partial charge in [0.1, 0.15) is 5.82 Å². The third-order valence-electron chi connectivity index (χ3n) is 2.73. The van der Waals surface area contributed by atoms with Crippen LogP contribution in [0.15, 0.2) is 18.3 Å². The third-order valence-corrected chi connectivity index (χ3v) is 2.73. The fourth-order valence-corrected chi connectivity index (χ4v) is 1.74. The first kappa shape index (κ1) is 14.0. The van der Waals surface area contributed by atoms with Gasteiger partial charge in [0.2, 0.25) is 0 Å². The number of hydrogen-bond acceptors (Lipinski definition) is 3. The fraction of sp³-hybridized carbons (Fsp3) is 0.643. The van der Waals surface area contributed by atoms with E-state index >= 15 is 0 Å². The largest absolute Gasteiger partial charge is 0.379 e. The zero-order valence-corrected chi connectivity index (χ0v) is 11.4. The molecule has 17 heavy (non-hydrogen) atoms. The summed E-state index contributed by atoms with van der Waals surface area (Å²) in [5.74, 6) is 1.52. The van der Waals surface area contributed by atoms with E-state index in [-0.39, 0.29) is 0 Å². The van der Waals surface area contributed by atoms with Crippen LogP contribution in [0, 0.1) is 0 Å². The van der Waals surface area contributed by atoms with Gasteiger partial charge in [-0.25, -0.2) is 4.98 Å². The van der Waals surface area contributed by atoms with Crippen LogP contribution in [0.25, 0.3) is 0 Å². The van der Waals surface area contributed by atoms with E-state index in [0.29, 0.717) is 12.0 Å². The molecule has 1 unspecified atom stereocenters. The first-order valence-corrected chi connectivity index (χ1v) is 6.56. The maximum absolute atomic E-state index is 5.32. The summed E-state index contributed by atoms with van der Waals surface area (Å²) in [4.78, 5) is 4.32. The Balaban J connectivity index is 0.000000686. The van der Waals surface area contributed by atoms with Crippen molar-refractivity contribution < 1.29 is 4.74 Å².